The van der Waals surface area contributed by atoms with E-state index in [1.807, 2.05) is 0 Å². The van der Waals surface area contributed by atoms with Gasteiger partial charge in [-0.1, -0.05) is 25.9 Å². The Labute approximate surface area is 124 Å². The van der Waals surface area contributed by atoms with Crippen LogP contribution in [0.15, 0.2) is 15.3 Å². The zero-order valence-corrected chi connectivity index (χ0v) is 13.5. The molecule has 2 rings (SSSR count). The van der Waals surface area contributed by atoms with Crippen molar-refractivity contribution in [3.8, 4) is 11.4 Å². The fraction of sp³-hybridized carbons (Fsp3) is 0.600. The van der Waals surface area contributed by atoms with Crippen LogP contribution in [0.2, 0.25) is 0 Å². The molecular formula is C15H23N3OS. The first-order chi connectivity index (χ1) is 9.67. The molecule has 2 heterocycles. The molecule has 0 saturated heterocycles. The maximum absolute atomic E-state index is 5.47. The van der Waals surface area contributed by atoms with E-state index in [0.717, 1.165) is 30.8 Å². The minimum atomic E-state index is 0.228. The van der Waals surface area contributed by atoms with Crippen LogP contribution in [-0.2, 0) is 0 Å². The summed E-state index contributed by atoms with van der Waals surface area (Å²) < 4.78 is 5.47. The summed E-state index contributed by atoms with van der Waals surface area (Å²) >= 11 is 1.67. The molecule has 5 heteroatoms. The van der Waals surface area contributed by atoms with Gasteiger partial charge in [-0.25, -0.2) is 0 Å². The number of nitrogens with one attached hydrogen (secondary N) is 1. The zero-order chi connectivity index (χ0) is 14.5. The Morgan fingerprint density at radius 2 is 2.15 bits per heavy atom. The molecule has 0 aliphatic carbocycles. The van der Waals surface area contributed by atoms with Gasteiger partial charge in [-0.3, -0.25) is 0 Å². The molecule has 2 aromatic heterocycles. The molecule has 0 spiro atoms. The Morgan fingerprint density at radius 1 is 1.35 bits per heavy atom. The second-order valence-electron chi connectivity index (χ2n) is 5.18. The van der Waals surface area contributed by atoms with Crippen LogP contribution in [0.25, 0.3) is 11.4 Å². The van der Waals surface area contributed by atoms with Gasteiger partial charge < -0.3 is 9.84 Å². The molecule has 2 atom stereocenters. The summed E-state index contributed by atoms with van der Waals surface area (Å²) in [5, 5.41) is 11.9. The fourth-order valence-electron chi connectivity index (χ4n) is 2.30. The van der Waals surface area contributed by atoms with Crippen molar-refractivity contribution < 1.29 is 4.52 Å². The predicted molar refractivity (Wildman–Crippen MR) is 83.1 cm³/mol. The molecule has 2 aromatic rings. The van der Waals surface area contributed by atoms with E-state index in [1.54, 1.807) is 11.3 Å². The van der Waals surface area contributed by atoms with Gasteiger partial charge in [-0.2, -0.15) is 16.3 Å². The van der Waals surface area contributed by atoms with Crippen molar-refractivity contribution >= 4 is 11.3 Å². The van der Waals surface area contributed by atoms with E-state index in [2.05, 4.69) is 53.9 Å². The predicted octanol–water partition coefficient (Wildman–Crippen LogP) is 3.99. The van der Waals surface area contributed by atoms with E-state index in [0.29, 0.717) is 11.9 Å². The number of aryl methyl sites for hydroxylation is 1. The summed E-state index contributed by atoms with van der Waals surface area (Å²) in [4.78, 5) is 4.58. The lowest BCUT2D eigenvalue weighted by Crippen LogP contribution is -2.33. The molecule has 1 N–H and O–H groups in total. The van der Waals surface area contributed by atoms with Crippen LogP contribution in [0.5, 0.6) is 0 Å². The first kappa shape index (κ1) is 15.2. The van der Waals surface area contributed by atoms with E-state index < -0.39 is 0 Å². The molecule has 2 unspecified atom stereocenters. The zero-order valence-electron chi connectivity index (χ0n) is 12.6. The topological polar surface area (TPSA) is 51.0 Å². The third-order valence-electron chi connectivity index (χ3n) is 3.63. The Hall–Kier alpha value is -1.20. The van der Waals surface area contributed by atoms with Gasteiger partial charge >= 0.3 is 0 Å². The summed E-state index contributed by atoms with van der Waals surface area (Å²) in [6.07, 6.45) is 2.18. The van der Waals surface area contributed by atoms with Crippen molar-refractivity contribution in [1.82, 2.24) is 15.5 Å². The standard InChI is InChI=1S/C15H23N3OS/c1-5-7-16-13(6-2)11(4)15-17-14(18-19-15)12-9-20-8-10(12)3/h8-9,11,13,16H,5-7H2,1-4H3. The van der Waals surface area contributed by atoms with Gasteiger partial charge in [0.15, 0.2) is 0 Å². The van der Waals surface area contributed by atoms with Crippen molar-refractivity contribution in [2.24, 2.45) is 0 Å². The Balaban J connectivity index is 2.13. The van der Waals surface area contributed by atoms with Gasteiger partial charge in [0, 0.05) is 17.0 Å². The average Bonchev–Trinajstić information content (AvgIpc) is 3.07. The molecule has 0 bridgehead atoms. The SMILES string of the molecule is CCCNC(CC)C(C)c1nc(-c2cscc2C)no1. The Bertz CT molecular complexity index is 535. The lowest BCUT2D eigenvalue weighted by molar-refractivity contribution is 0.319. The number of thiophene rings is 1. The molecule has 0 fully saturated rings. The molecule has 0 aliphatic heterocycles. The highest BCUT2D eigenvalue weighted by Gasteiger charge is 2.23. The first-order valence-corrected chi connectivity index (χ1v) is 8.21. The highest BCUT2D eigenvalue weighted by molar-refractivity contribution is 7.08. The highest BCUT2D eigenvalue weighted by atomic mass is 32.1. The summed E-state index contributed by atoms with van der Waals surface area (Å²) in [6.45, 7) is 9.60. The van der Waals surface area contributed by atoms with Crippen molar-refractivity contribution in [2.75, 3.05) is 6.54 Å². The third kappa shape index (κ3) is 3.27. The quantitative estimate of drug-likeness (QED) is 0.838. The van der Waals surface area contributed by atoms with E-state index in [1.165, 1.54) is 5.56 Å². The number of rotatable bonds is 7. The summed E-state index contributed by atoms with van der Waals surface area (Å²) in [7, 11) is 0. The Morgan fingerprint density at radius 3 is 2.75 bits per heavy atom. The molecule has 110 valence electrons. The number of aromatic nitrogens is 2. The summed E-state index contributed by atoms with van der Waals surface area (Å²) in [5.74, 6) is 1.66. The molecule has 0 saturated carbocycles. The lowest BCUT2D eigenvalue weighted by Gasteiger charge is -2.20. The van der Waals surface area contributed by atoms with E-state index in [4.69, 9.17) is 4.52 Å². The van der Waals surface area contributed by atoms with Crippen LogP contribution in [0.4, 0.5) is 0 Å². The molecule has 20 heavy (non-hydrogen) atoms. The smallest absolute Gasteiger partial charge is 0.231 e. The normalized spacial score (nSPS) is 14.4. The number of hydrogen-bond donors (Lipinski definition) is 1. The molecule has 0 radical (unpaired) electrons. The second kappa shape index (κ2) is 6.99. The average molecular weight is 293 g/mol. The van der Waals surface area contributed by atoms with Crippen LogP contribution in [0.3, 0.4) is 0 Å². The van der Waals surface area contributed by atoms with Crippen LogP contribution >= 0.6 is 11.3 Å². The van der Waals surface area contributed by atoms with Gasteiger partial charge in [0.05, 0.1) is 5.92 Å². The monoisotopic (exact) mass is 293 g/mol. The van der Waals surface area contributed by atoms with Crippen molar-refractivity contribution in [1.29, 1.82) is 0 Å². The Kier molecular flexibility index (Phi) is 5.31. The molecule has 0 amide bonds. The van der Waals surface area contributed by atoms with Gasteiger partial charge in [-0.05, 0) is 37.3 Å². The third-order valence-corrected chi connectivity index (χ3v) is 4.49. The first-order valence-electron chi connectivity index (χ1n) is 7.27. The van der Waals surface area contributed by atoms with Crippen LogP contribution in [0.1, 0.15) is 51.0 Å². The van der Waals surface area contributed by atoms with Gasteiger partial charge in [0.1, 0.15) is 0 Å². The molecule has 4 nitrogen and oxygen atoms in total. The molecular weight excluding hydrogens is 270 g/mol. The highest BCUT2D eigenvalue weighted by Crippen LogP contribution is 2.27. The molecule has 0 aliphatic rings. The largest absolute Gasteiger partial charge is 0.339 e. The fourth-order valence-corrected chi connectivity index (χ4v) is 3.12. The van der Waals surface area contributed by atoms with E-state index in [-0.39, 0.29) is 5.92 Å². The summed E-state index contributed by atoms with van der Waals surface area (Å²) in [6, 6.07) is 0.381. The van der Waals surface area contributed by atoms with E-state index in [9.17, 15) is 0 Å². The summed E-state index contributed by atoms with van der Waals surface area (Å²) in [5.41, 5.74) is 2.28. The minimum absolute atomic E-state index is 0.228. The second-order valence-corrected chi connectivity index (χ2v) is 5.93. The van der Waals surface area contributed by atoms with Crippen molar-refractivity contribution in [3.05, 3.63) is 22.2 Å². The van der Waals surface area contributed by atoms with E-state index >= 15 is 0 Å². The minimum Gasteiger partial charge on any atom is -0.339 e. The van der Waals surface area contributed by atoms with Gasteiger partial charge in [0.25, 0.3) is 0 Å². The van der Waals surface area contributed by atoms with Crippen LogP contribution in [-0.4, -0.2) is 22.7 Å². The number of nitrogens with zero attached hydrogens (tertiary/aromatic N) is 2. The molecule has 0 aromatic carbocycles. The van der Waals surface area contributed by atoms with Crippen molar-refractivity contribution in [2.45, 2.75) is 52.5 Å². The van der Waals surface area contributed by atoms with Crippen LogP contribution in [0, 0.1) is 6.92 Å². The maximum Gasteiger partial charge on any atom is 0.231 e. The van der Waals surface area contributed by atoms with Crippen LogP contribution < -0.4 is 5.32 Å². The van der Waals surface area contributed by atoms with Gasteiger partial charge in [-0.15, -0.1) is 0 Å². The number of hydrogen-bond acceptors (Lipinski definition) is 5. The van der Waals surface area contributed by atoms with Crippen molar-refractivity contribution in [3.63, 3.8) is 0 Å². The lowest BCUT2D eigenvalue weighted by atomic mass is 9.99. The maximum atomic E-state index is 5.47. The van der Waals surface area contributed by atoms with Gasteiger partial charge in [0.2, 0.25) is 11.7 Å².